The highest BCUT2D eigenvalue weighted by Crippen LogP contribution is 2.32. The van der Waals surface area contributed by atoms with E-state index < -0.39 is 14.7 Å². The summed E-state index contributed by atoms with van der Waals surface area (Å²) in [5.41, 5.74) is 0. The van der Waals surface area contributed by atoms with Gasteiger partial charge in [0.05, 0.1) is 7.85 Å². The molecule has 1 saturated carbocycles. The summed E-state index contributed by atoms with van der Waals surface area (Å²) in [7, 11) is 2.87. The standard InChI is InChI=1S/C21H42BNO2S/c1-3-5-7-9-12-16-20(17-13-10-8-6-4-2)23-26(24,25)21(22)18-14-11-15-19-21/h20,23H,3-19H2,1-2H3. The minimum atomic E-state index is -3.45. The minimum absolute atomic E-state index is 0.0607. The molecule has 1 rings (SSSR count). The fraction of sp³-hybridized carbons (Fsp3) is 1.00. The molecular weight excluding hydrogens is 341 g/mol. The first-order chi connectivity index (χ1) is 12.4. The minimum Gasteiger partial charge on any atom is -0.213 e. The second-order valence-corrected chi connectivity index (χ2v) is 10.4. The molecule has 0 bridgehead atoms. The fourth-order valence-electron chi connectivity index (χ4n) is 4.01. The van der Waals surface area contributed by atoms with Crippen molar-refractivity contribution in [3.05, 3.63) is 0 Å². The highest BCUT2D eigenvalue weighted by Gasteiger charge is 2.40. The summed E-state index contributed by atoms with van der Waals surface area (Å²) < 4.78 is 27.9. The molecule has 0 aliphatic heterocycles. The Hall–Kier alpha value is -0.0251. The second-order valence-electron chi connectivity index (χ2n) is 8.35. The van der Waals surface area contributed by atoms with Crippen LogP contribution in [0.15, 0.2) is 0 Å². The van der Waals surface area contributed by atoms with Gasteiger partial charge in [-0.05, 0) is 25.7 Å². The molecule has 2 radical (unpaired) electrons. The molecule has 0 unspecified atom stereocenters. The van der Waals surface area contributed by atoms with Crippen LogP contribution in [0.5, 0.6) is 0 Å². The topological polar surface area (TPSA) is 46.2 Å². The van der Waals surface area contributed by atoms with Crippen LogP contribution in [0.2, 0.25) is 0 Å². The number of hydrogen-bond acceptors (Lipinski definition) is 2. The van der Waals surface area contributed by atoms with E-state index in [1.165, 1.54) is 51.4 Å². The predicted molar refractivity (Wildman–Crippen MR) is 114 cm³/mol. The van der Waals surface area contributed by atoms with E-state index in [9.17, 15) is 8.42 Å². The fourth-order valence-corrected chi connectivity index (χ4v) is 5.74. The molecule has 3 nitrogen and oxygen atoms in total. The third-order valence-corrected chi connectivity index (χ3v) is 7.99. The third kappa shape index (κ3) is 8.78. The zero-order valence-corrected chi connectivity index (χ0v) is 18.2. The van der Waals surface area contributed by atoms with Gasteiger partial charge in [0.15, 0.2) is 0 Å². The molecule has 1 aliphatic carbocycles. The lowest BCUT2D eigenvalue weighted by atomic mass is 9.74. The summed E-state index contributed by atoms with van der Waals surface area (Å²) in [5, 5.41) is 0. The summed E-state index contributed by atoms with van der Waals surface area (Å²) in [6.45, 7) is 4.44. The average molecular weight is 383 g/mol. The monoisotopic (exact) mass is 383 g/mol. The molecule has 0 aromatic rings. The third-order valence-electron chi connectivity index (χ3n) is 5.87. The Morgan fingerprint density at radius 2 is 1.27 bits per heavy atom. The Balaban J connectivity index is 2.54. The van der Waals surface area contributed by atoms with E-state index >= 15 is 0 Å². The highest BCUT2D eigenvalue weighted by molar-refractivity contribution is 7.92. The molecule has 0 heterocycles. The molecule has 26 heavy (non-hydrogen) atoms. The van der Waals surface area contributed by atoms with E-state index in [1.54, 1.807) is 0 Å². The van der Waals surface area contributed by atoms with Gasteiger partial charge < -0.3 is 0 Å². The van der Waals surface area contributed by atoms with E-state index in [2.05, 4.69) is 18.6 Å². The van der Waals surface area contributed by atoms with Gasteiger partial charge in [-0.1, -0.05) is 97.3 Å². The van der Waals surface area contributed by atoms with Crippen LogP contribution in [-0.2, 0) is 10.0 Å². The van der Waals surface area contributed by atoms with Gasteiger partial charge in [0.1, 0.15) is 0 Å². The van der Waals surface area contributed by atoms with Crippen LogP contribution in [-0.4, -0.2) is 27.0 Å². The van der Waals surface area contributed by atoms with Crippen molar-refractivity contribution in [2.45, 2.75) is 134 Å². The number of hydrogen-bond donors (Lipinski definition) is 1. The van der Waals surface area contributed by atoms with Gasteiger partial charge in [0.25, 0.3) is 0 Å². The van der Waals surface area contributed by atoms with Crippen molar-refractivity contribution in [3.63, 3.8) is 0 Å². The van der Waals surface area contributed by atoms with E-state index in [4.69, 9.17) is 7.85 Å². The van der Waals surface area contributed by atoms with Crippen LogP contribution >= 0.6 is 0 Å². The van der Waals surface area contributed by atoms with E-state index in [-0.39, 0.29) is 6.04 Å². The van der Waals surface area contributed by atoms with E-state index in [0.717, 1.165) is 44.9 Å². The quantitative estimate of drug-likeness (QED) is 0.286. The SMILES string of the molecule is [B]C1(S(=O)(=O)NC(CCCCCCC)CCCCCCC)CCCCC1. The lowest BCUT2D eigenvalue weighted by Crippen LogP contribution is -2.51. The maximum Gasteiger partial charge on any atom is 0.209 e. The van der Waals surface area contributed by atoms with Crippen LogP contribution < -0.4 is 4.72 Å². The first-order valence-electron chi connectivity index (χ1n) is 11.3. The van der Waals surface area contributed by atoms with Gasteiger partial charge in [-0.25, -0.2) is 13.1 Å². The van der Waals surface area contributed by atoms with Crippen molar-refractivity contribution in [1.29, 1.82) is 0 Å². The molecule has 0 amide bonds. The maximum absolute atomic E-state index is 13.0. The van der Waals surface area contributed by atoms with Crippen molar-refractivity contribution < 1.29 is 8.42 Å². The molecule has 0 saturated heterocycles. The molecule has 1 N–H and O–H groups in total. The van der Waals surface area contributed by atoms with Gasteiger partial charge in [0, 0.05) is 10.7 Å². The van der Waals surface area contributed by atoms with Crippen LogP contribution in [0.4, 0.5) is 0 Å². The smallest absolute Gasteiger partial charge is 0.209 e. The Morgan fingerprint density at radius 3 is 1.73 bits per heavy atom. The lowest BCUT2D eigenvalue weighted by Gasteiger charge is -2.35. The molecule has 0 atom stereocenters. The second kappa shape index (κ2) is 13.2. The molecule has 0 spiro atoms. The van der Waals surface area contributed by atoms with Crippen LogP contribution in [0.1, 0.15) is 123 Å². The van der Waals surface area contributed by atoms with Crippen molar-refractivity contribution in [2.24, 2.45) is 0 Å². The number of rotatable bonds is 15. The summed E-state index contributed by atoms with van der Waals surface area (Å²) in [5.74, 6) is 0. The molecule has 1 aliphatic rings. The molecule has 1 fully saturated rings. The maximum atomic E-state index is 13.0. The molecule has 0 aromatic carbocycles. The summed E-state index contributed by atoms with van der Waals surface area (Å²) in [6.07, 6.45) is 18.2. The van der Waals surface area contributed by atoms with Gasteiger partial charge in [-0.3, -0.25) is 0 Å². The van der Waals surface area contributed by atoms with Gasteiger partial charge in [-0.15, -0.1) is 0 Å². The zero-order chi connectivity index (χ0) is 19.3. The lowest BCUT2D eigenvalue weighted by molar-refractivity contribution is 0.422. The average Bonchev–Trinajstić information content (AvgIpc) is 2.61. The molecule has 0 aromatic heterocycles. The number of unbranched alkanes of at least 4 members (excludes halogenated alkanes) is 8. The molecular formula is C21H42BNO2S. The number of sulfonamides is 1. The highest BCUT2D eigenvalue weighted by atomic mass is 32.2. The largest absolute Gasteiger partial charge is 0.213 e. The van der Waals surface area contributed by atoms with Crippen molar-refractivity contribution in [2.75, 3.05) is 0 Å². The first kappa shape index (κ1) is 24.0. The Labute approximate surface area is 164 Å². The van der Waals surface area contributed by atoms with Crippen LogP contribution in [0.25, 0.3) is 0 Å². The summed E-state index contributed by atoms with van der Waals surface area (Å²) in [6, 6.07) is 0.0607. The summed E-state index contributed by atoms with van der Waals surface area (Å²) >= 11 is 0. The zero-order valence-electron chi connectivity index (χ0n) is 17.4. The Bertz CT molecular complexity index is 433. The van der Waals surface area contributed by atoms with Crippen molar-refractivity contribution >= 4 is 17.9 Å². The Morgan fingerprint density at radius 1 is 0.808 bits per heavy atom. The van der Waals surface area contributed by atoms with E-state index in [0.29, 0.717) is 12.8 Å². The predicted octanol–water partition coefficient (Wildman–Crippen LogP) is 5.82. The van der Waals surface area contributed by atoms with Gasteiger partial charge in [-0.2, -0.15) is 0 Å². The summed E-state index contributed by atoms with van der Waals surface area (Å²) in [4.78, 5) is 0. The normalized spacial score (nSPS) is 17.7. The van der Waals surface area contributed by atoms with E-state index in [1.807, 2.05) is 0 Å². The molecule has 5 heteroatoms. The van der Waals surface area contributed by atoms with Gasteiger partial charge >= 0.3 is 0 Å². The Kier molecular flexibility index (Phi) is 12.2. The molecule has 152 valence electrons. The van der Waals surface area contributed by atoms with Crippen molar-refractivity contribution in [3.8, 4) is 0 Å². The first-order valence-corrected chi connectivity index (χ1v) is 12.7. The van der Waals surface area contributed by atoms with Crippen LogP contribution in [0, 0.1) is 0 Å². The van der Waals surface area contributed by atoms with Gasteiger partial charge in [0.2, 0.25) is 10.0 Å². The van der Waals surface area contributed by atoms with Crippen molar-refractivity contribution in [1.82, 2.24) is 4.72 Å². The van der Waals surface area contributed by atoms with Crippen LogP contribution in [0.3, 0.4) is 0 Å². The number of nitrogens with one attached hydrogen (secondary N) is 1.